The third kappa shape index (κ3) is 7.53. The second-order valence-corrected chi connectivity index (χ2v) is 9.82. The largest absolute Gasteiger partial charge is 0.444 e. The monoisotopic (exact) mass is 526 g/mol. The second-order valence-electron chi connectivity index (χ2n) is 9.82. The Kier molecular flexibility index (Phi) is 10.8. The summed E-state index contributed by atoms with van der Waals surface area (Å²) in [6.07, 6.45) is 4.44. The Labute approximate surface area is 225 Å². The minimum absolute atomic E-state index is 0.134. The molecule has 0 unspecified atom stereocenters. The van der Waals surface area contributed by atoms with Crippen LogP contribution in [0.5, 0.6) is 0 Å². The van der Waals surface area contributed by atoms with E-state index >= 15 is 0 Å². The number of carbonyl (C=O) groups is 2. The SMILES string of the molecule is C/C=C(\CC)c1ccc(NC(=O)c2ccc(C3=CCN(C(=O)OC(C)(C)C)CC3)c(F)c2)c(C)c1F.CC. The Morgan fingerprint density at radius 3 is 2.34 bits per heavy atom. The lowest BCUT2D eigenvalue weighted by atomic mass is 9.97. The number of rotatable bonds is 5. The quantitative estimate of drug-likeness (QED) is 0.426. The summed E-state index contributed by atoms with van der Waals surface area (Å²) < 4.78 is 35.3. The van der Waals surface area contributed by atoms with Gasteiger partial charge in [0, 0.05) is 41.0 Å². The van der Waals surface area contributed by atoms with Crippen LogP contribution in [0.2, 0.25) is 0 Å². The molecule has 1 N–H and O–H groups in total. The predicted octanol–water partition coefficient (Wildman–Crippen LogP) is 8.39. The number of benzene rings is 2. The lowest BCUT2D eigenvalue weighted by molar-refractivity contribution is 0.0270. The summed E-state index contributed by atoms with van der Waals surface area (Å²) in [4.78, 5) is 26.6. The normalized spacial score (nSPS) is 13.8. The summed E-state index contributed by atoms with van der Waals surface area (Å²) in [5.74, 6) is -1.43. The number of nitrogens with zero attached hydrogens (tertiary/aromatic N) is 1. The fourth-order valence-corrected chi connectivity index (χ4v) is 4.14. The third-order valence-corrected chi connectivity index (χ3v) is 6.15. The molecule has 38 heavy (non-hydrogen) atoms. The fraction of sp³-hybridized carbons (Fsp3) is 0.419. The Balaban J connectivity index is 0.00000247. The van der Waals surface area contributed by atoms with Crippen molar-refractivity contribution in [1.29, 1.82) is 0 Å². The molecular formula is C31H40F2N2O3. The number of ether oxygens (including phenoxy) is 1. The van der Waals surface area contributed by atoms with Crippen LogP contribution in [-0.2, 0) is 4.74 Å². The first-order chi connectivity index (χ1) is 17.9. The summed E-state index contributed by atoms with van der Waals surface area (Å²) >= 11 is 0. The molecule has 0 bridgehead atoms. The van der Waals surface area contributed by atoms with Gasteiger partial charge in [0.2, 0.25) is 0 Å². The highest BCUT2D eigenvalue weighted by Crippen LogP contribution is 2.29. The van der Waals surface area contributed by atoms with Crippen LogP contribution in [0.1, 0.15) is 88.4 Å². The van der Waals surface area contributed by atoms with Crippen LogP contribution in [0.3, 0.4) is 0 Å². The predicted molar refractivity (Wildman–Crippen MR) is 151 cm³/mol. The van der Waals surface area contributed by atoms with Gasteiger partial charge in [-0.3, -0.25) is 4.79 Å². The minimum atomic E-state index is -0.582. The van der Waals surface area contributed by atoms with Crippen molar-refractivity contribution in [1.82, 2.24) is 4.90 Å². The molecule has 0 aliphatic carbocycles. The van der Waals surface area contributed by atoms with Gasteiger partial charge < -0.3 is 15.0 Å². The van der Waals surface area contributed by atoms with E-state index < -0.39 is 23.4 Å². The molecule has 3 rings (SSSR count). The summed E-state index contributed by atoms with van der Waals surface area (Å²) in [5, 5.41) is 2.69. The van der Waals surface area contributed by atoms with Crippen molar-refractivity contribution in [3.8, 4) is 0 Å². The van der Waals surface area contributed by atoms with Gasteiger partial charge in [-0.05, 0) is 82.9 Å². The number of anilines is 1. The number of nitrogens with one attached hydrogen (secondary N) is 1. The molecule has 5 nitrogen and oxygen atoms in total. The molecule has 0 spiro atoms. The maximum Gasteiger partial charge on any atom is 0.410 e. The van der Waals surface area contributed by atoms with Crippen molar-refractivity contribution in [2.75, 3.05) is 18.4 Å². The van der Waals surface area contributed by atoms with Crippen molar-refractivity contribution in [2.45, 2.75) is 73.8 Å². The van der Waals surface area contributed by atoms with Crippen molar-refractivity contribution in [3.05, 3.63) is 76.4 Å². The van der Waals surface area contributed by atoms with Gasteiger partial charge >= 0.3 is 6.09 Å². The van der Waals surface area contributed by atoms with Gasteiger partial charge in [0.15, 0.2) is 0 Å². The van der Waals surface area contributed by atoms with E-state index in [4.69, 9.17) is 4.74 Å². The first-order valence-corrected chi connectivity index (χ1v) is 13.2. The molecule has 7 heteroatoms. The lowest BCUT2D eigenvalue weighted by Gasteiger charge is -2.29. The molecule has 0 saturated carbocycles. The highest BCUT2D eigenvalue weighted by atomic mass is 19.1. The molecule has 0 saturated heterocycles. The summed E-state index contributed by atoms with van der Waals surface area (Å²) in [7, 11) is 0. The Morgan fingerprint density at radius 2 is 1.82 bits per heavy atom. The molecule has 0 aromatic heterocycles. The maximum absolute atomic E-state index is 15.0. The van der Waals surface area contributed by atoms with E-state index in [0.29, 0.717) is 48.3 Å². The Morgan fingerprint density at radius 1 is 1.13 bits per heavy atom. The molecule has 2 aromatic rings. The molecule has 1 aliphatic heterocycles. The first kappa shape index (κ1) is 30.7. The molecule has 0 radical (unpaired) electrons. The van der Waals surface area contributed by atoms with Crippen molar-refractivity contribution in [2.24, 2.45) is 0 Å². The van der Waals surface area contributed by atoms with E-state index in [2.05, 4.69) is 5.32 Å². The average Bonchev–Trinajstić information content (AvgIpc) is 2.89. The zero-order valence-electron chi connectivity index (χ0n) is 23.8. The molecule has 1 heterocycles. The van der Waals surface area contributed by atoms with E-state index in [-0.39, 0.29) is 11.4 Å². The number of hydrogen-bond acceptors (Lipinski definition) is 3. The van der Waals surface area contributed by atoms with Gasteiger partial charge in [-0.2, -0.15) is 0 Å². The summed E-state index contributed by atoms with van der Waals surface area (Å²) in [6.45, 7) is 15.6. The molecule has 2 aromatic carbocycles. The van der Waals surface area contributed by atoms with Crippen LogP contribution in [-0.4, -0.2) is 35.6 Å². The molecule has 1 aliphatic rings. The van der Waals surface area contributed by atoms with Gasteiger partial charge in [0.05, 0.1) is 0 Å². The number of hydrogen-bond donors (Lipinski definition) is 1. The standard InChI is InChI=1S/C29H34F2N2O3.C2H6/c1-7-19(8-2)23-11-12-25(18(3)26(23)31)32-27(34)21-9-10-22(24(30)17-21)20-13-15-33(16-14-20)28(35)36-29(4,5)6;1-2/h7,9-13,17H,8,14-16H2,1-6H3,(H,32,34);1-2H3/b19-7+;. The highest BCUT2D eigenvalue weighted by Gasteiger charge is 2.25. The van der Waals surface area contributed by atoms with Gasteiger partial charge in [0.1, 0.15) is 17.2 Å². The van der Waals surface area contributed by atoms with Gasteiger partial charge in [-0.1, -0.05) is 39.0 Å². The topological polar surface area (TPSA) is 58.6 Å². The van der Waals surface area contributed by atoms with E-state index in [1.165, 1.54) is 6.07 Å². The second kappa shape index (κ2) is 13.4. The zero-order valence-corrected chi connectivity index (χ0v) is 23.8. The molecule has 0 atom stereocenters. The van der Waals surface area contributed by atoms with E-state index in [1.807, 2.05) is 54.5 Å². The number of carbonyl (C=O) groups excluding carboxylic acids is 2. The number of amides is 2. The van der Waals surface area contributed by atoms with Crippen molar-refractivity contribution >= 4 is 28.8 Å². The Hall–Kier alpha value is -3.48. The maximum atomic E-state index is 15.0. The first-order valence-electron chi connectivity index (χ1n) is 13.2. The highest BCUT2D eigenvalue weighted by molar-refractivity contribution is 6.05. The van der Waals surface area contributed by atoms with E-state index in [1.54, 1.807) is 42.2 Å². The van der Waals surface area contributed by atoms with Crippen LogP contribution in [0.15, 0.2) is 42.5 Å². The molecule has 2 amide bonds. The van der Waals surface area contributed by atoms with Crippen molar-refractivity contribution < 1.29 is 23.1 Å². The third-order valence-electron chi connectivity index (χ3n) is 6.15. The smallest absolute Gasteiger partial charge is 0.410 e. The molecular weight excluding hydrogens is 486 g/mol. The van der Waals surface area contributed by atoms with Crippen LogP contribution < -0.4 is 5.32 Å². The van der Waals surface area contributed by atoms with Crippen LogP contribution in [0.25, 0.3) is 11.1 Å². The summed E-state index contributed by atoms with van der Waals surface area (Å²) in [5.41, 5.74) is 2.77. The fourth-order valence-electron chi connectivity index (χ4n) is 4.14. The van der Waals surface area contributed by atoms with Crippen LogP contribution in [0.4, 0.5) is 19.3 Å². The van der Waals surface area contributed by atoms with Gasteiger partial charge in [0.25, 0.3) is 5.91 Å². The minimum Gasteiger partial charge on any atom is -0.444 e. The number of allylic oxidation sites excluding steroid dienone is 2. The number of halogens is 2. The molecule has 0 fully saturated rings. The van der Waals surface area contributed by atoms with Crippen molar-refractivity contribution in [3.63, 3.8) is 0 Å². The zero-order chi connectivity index (χ0) is 28.6. The van der Waals surface area contributed by atoms with Gasteiger partial charge in [-0.15, -0.1) is 0 Å². The van der Waals surface area contributed by atoms with E-state index in [0.717, 1.165) is 11.1 Å². The van der Waals surface area contributed by atoms with Crippen LogP contribution >= 0.6 is 0 Å². The Bertz CT molecular complexity index is 1230. The molecule has 206 valence electrons. The average molecular weight is 527 g/mol. The van der Waals surface area contributed by atoms with Gasteiger partial charge in [-0.25, -0.2) is 13.6 Å². The summed E-state index contributed by atoms with van der Waals surface area (Å²) in [6, 6.07) is 7.61. The van der Waals surface area contributed by atoms with E-state index in [9.17, 15) is 18.4 Å². The van der Waals surface area contributed by atoms with Crippen LogP contribution in [0, 0.1) is 18.6 Å². The lowest BCUT2D eigenvalue weighted by Crippen LogP contribution is -2.39.